The molecular weight excluding hydrogens is 382 g/mol. The quantitative estimate of drug-likeness (QED) is 0.770. The number of sulfonamides is 1. The van der Waals surface area contributed by atoms with Crippen LogP contribution in [0.1, 0.15) is 40.0 Å². The van der Waals surface area contributed by atoms with Crippen molar-refractivity contribution in [3.8, 4) is 0 Å². The van der Waals surface area contributed by atoms with Crippen molar-refractivity contribution in [1.29, 1.82) is 0 Å². The van der Waals surface area contributed by atoms with E-state index in [9.17, 15) is 13.2 Å². The molecule has 2 aromatic rings. The molecule has 0 N–H and O–H groups in total. The first kappa shape index (κ1) is 18.9. The van der Waals surface area contributed by atoms with Gasteiger partial charge < -0.3 is 14.1 Å². The first-order valence-electron chi connectivity index (χ1n) is 9.22. The van der Waals surface area contributed by atoms with Gasteiger partial charge in [-0.25, -0.2) is 13.4 Å². The maximum atomic E-state index is 12.9. The summed E-state index contributed by atoms with van der Waals surface area (Å²) in [7, 11) is -1.86. The van der Waals surface area contributed by atoms with E-state index in [-0.39, 0.29) is 11.8 Å². The Morgan fingerprint density at radius 2 is 2.04 bits per heavy atom. The van der Waals surface area contributed by atoms with Gasteiger partial charge in [-0.2, -0.15) is 0 Å². The third-order valence-corrected chi connectivity index (χ3v) is 6.49. The molecule has 9 heteroatoms. The molecule has 150 valence electrons. The summed E-state index contributed by atoms with van der Waals surface area (Å²) in [4.78, 5) is 19.2. The summed E-state index contributed by atoms with van der Waals surface area (Å²) in [6.07, 6.45) is 2.69. The predicted molar refractivity (Wildman–Crippen MR) is 103 cm³/mol. The number of oxazole rings is 1. The lowest BCUT2D eigenvalue weighted by Crippen LogP contribution is -2.35. The van der Waals surface area contributed by atoms with Gasteiger partial charge in [-0.1, -0.05) is 0 Å². The van der Waals surface area contributed by atoms with Crippen LogP contribution in [0.2, 0.25) is 0 Å². The molecule has 0 bridgehead atoms. The second-order valence-corrected chi connectivity index (χ2v) is 9.25. The molecule has 0 radical (unpaired) electrons. The lowest BCUT2D eigenvalue weighted by molar-refractivity contribution is 0.0728. The molecule has 0 spiro atoms. The SMILES string of the molecule is CN(c1ccc(C(=O)N2CCc3oc(C4CCOC4)nc3C2)cc1)S(C)(=O)=O. The number of rotatable bonds is 4. The highest BCUT2D eigenvalue weighted by Crippen LogP contribution is 2.29. The molecule has 28 heavy (non-hydrogen) atoms. The number of anilines is 1. The Bertz CT molecular complexity index is 977. The molecule has 0 saturated carbocycles. The smallest absolute Gasteiger partial charge is 0.254 e. The number of ether oxygens (including phenoxy) is 1. The molecule has 8 nitrogen and oxygen atoms in total. The molecule has 1 amide bonds. The van der Waals surface area contributed by atoms with Crippen molar-refractivity contribution < 1.29 is 22.4 Å². The maximum Gasteiger partial charge on any atom is 0.254 e. The molecule has 0 aliphatic carbocycles. The number of fused-ring (bicyclic) bond motifs is 1. The van der Waals surface area contributed by atoms with Crippen LogP contribution in [-0.4, -0.2) is 57.3 Å². The first-order chi connectivity index (χ1) is 13.3. The van der Waals surface area contributed by atoms with E-state index in [1.807, 2.05) is 0 Å². The van der Waals surface area contributed by atoms with Gasteiger partial charge in [0.2, 0.25) is 10.0 Å². The number of aromatic nitrogens is 1. The van der Waals surface area contributed by atoms with Gasteiger partial charge >= 0.3 is 0 Å². The number of amides is 1. The molecule has 1 saturated heterocycles. The second kappa shape index (κ2) is 7.21. The largest absolute Gasteiger partial charge is 0.445 e. The molecule has 1 unspecified atom stereocenters. The molecular formula is C19H23N3O5S. The van der Waals surface area contributed by atoms with Crippen LogP contribution in [0.25, 0.3) is 0 Å². The summed E-state index contributed by atoms with van der Waals surface area (Å²) < 4.78 is 35.8. The summed E-state index contributed by atoms with van der Waals surface area (Å²) in [5.74, 6) is 1.67. The molecule has 1 aromatic heterocycles. The zero-order valence-electron chi connectivity index (χ0n) is 15.9. The Hall–Kier alpha value is -2.39. The number of nitrogens with zero attached hydrogens (tertiary/aromatic N) is 3. The van der Waals surface area contributed by atoms with Gasteiger partial charge in [-0.05, 0) is 30.7 Å². The molecule has 4 rings (SSSR count). The van der Waals surface area contributed by atoms with E-state index < -0.39 is 10.0 Å². The molecule has 2 aliphatic heterocycles. The van der Waals surface area contributed by atoms with Crippen molar-refractivity contribution in [1.82, 2.24) is 9.88 Å². The predicted octanol–water partition coefficient (Wildman–Crippen LogP) is 1.77. The number of benzene rings is 1. The Morgan fingerprint density at radius 3 is 2.68 bits per heavy atom. The topological polar surface area (TPSA) is 92.9 Å². The van der Waals surface area contributed by atoms with Gasteiger partial charge in [-0.3, -0.25) is 9.10 Å². The number of hydrogen-bond acceptors (Lipinski definition) is 6. The number of hydrogen-bond donors (Lipinski definition) is 0. The normalized spacial score (nSPS) is 19.5. The highest BCUT2D eigenvalue weighted by Gasteiger charge is 2.29. The van der Waals surface area contributed by atoms with Crippen molar-refractivity contribution in [2.45, 2.75) is 25.3 Å². The monoisotopic (exact) mass is 405 g/mol. The Kier molecular flexibility index (Phi) is 4.88. The number of carbonyl (C=O) groups is 1. The summed E-state index contributed by atoms with van der Waals surface area (Å²) in [5, 5.41) is 0. The highest BCUT2D eigenvalue weighted by atomic mass is 32.2. The van der Waals surface area contributed by atoms with Crippen molar-refractivity contribution >= 4 is 21.6 Å². The van der Waals surface area contributed by atoms with Crippen LogP contribution in [0.15, 0.2) is 28.7 Å². The summed E-state index contributed by atoms with van der Waals surface area (Å²) >= 11 is 0. The van der Waals surface area contributed by atoms with Crippen LogP contribution in [-0.2, 0) is 27.7 Å². The zero-order valence-corrected chi connectivity index (χ0v) is 16.7. The minimum atomic E-state index is -3.34. The van der Waals surface area contributed by atoms with Gasteiger partial charge in [0.15, 0.2) is 5.89 Å². The van der Waals surface area contributed by atoms with E-state index in [4.69, 9.17) is 9.15 Å². The van der Waals surface area contributed by atoms with E-state index in [0.717, 1.165) is 30.7 Å². The molecule has 1 atom stereocenters. The summed E-state index contributed by atoms with van der Waals surface area (Å²) in [6, 6.07) is 6.58. The number of carbonyl (C=O) groups excluding carboxylic acids is 1. The van der Waals surface area contributed by atoms with E-state index in [0.29, 0.717) is 43.3 Å². The average molecular weight is 405 g/mol. The van der Waals surface area contributed by atoms with Gasteiger partial charge in [0.25, 0.3) is 5.91 Å². The van der Waals surface area contributed by atoms with Crippen LogP contribution in [0.3, 0.4) is 0 Å². The van der Waals surface area contributed by atoms with Crippen molar-refractivity contribution in [2.75, 3.05) is 37.4 Å². The Morgan fingerprint density at radius 1 is 1.29 bits per heavy atom. The molecule has 3 heterocycles. The third kappa shape index (κ3) is 3.64. The fraction of sp³-hybridized carbons (Fsp3) is 0.474. The maximum absolute atomic E-state index is 12.9. The fourth-order valence-electron chi connectivity index (χ4n) is 3.48. The van der Waals surface area contributed by atoms with Gasteiger partial charge in [0, 0.05) is 32.2 Å². The highest BCUT2D eigenvalue weighted by molar-refractivity contribution is 7.92. The van der Waals surface area contributed by atoms with Crippen molar-refractivity contribution in [3.63, 3.8) is 0 Å². The van der Waals surface area contributed by atoms with Crippen molar-refractivity contribution in [3.05, 3.63) is 47.2 Å². The minimum Gasteiger partial charge on any atom is -0.445 e. The van der Waals surface area contributed by atoms with Crippen LogP contribution in [0.4, 0.5) is 5.69 Å². The first-order valence-corrected chi connectivity index (χ1v) is 11.1. The van der Waals surface area contributed by atoms with Gasteiger partial charge in [-0.15, -0.1) is 0 Å². The summed E-state index contributed by atoms with van der Waals surface area (Å²) in [6.45, 7) is 2.34. The van der Waals surface area contributed by atoms with E-state index in [1.165, 1.54) is 11.4 Å². The summed E-state index contributed by atoms with van der Waals surface area (Å²) in [5.41, 5.74) is 1.84. The lowest BCUT2D eigenvalue weighted by Gasteiger charge is -2.25. The Balaban J connectivity index is 1.47. The van der Waals surface area contributed by atoms with Gasteiger partial charge in [0.05, 0.1) is 31.0 Å². The van der Waals surface area contributed by atoms with Crippen molar-refractivity contribution in [2.24, 2.45) is 0 Å². The fourth-order valence-corrected chi connectivity index (χ4v) is 3.99. The zero-order chi connectivity index (χ0) is 19.9. The average Bonchev–Trinajstić information content (AvgIpc) is 3.35. The molecule has 1 aromatic carbocycles. The molecule has 2 aliphatic rings. The molecule has 1 fully saturated rings. The minimum absolute atomic E-state index is 0.104. The lowest BCUT2D eigenvalue weighted by atomic mass is 10.1. The Labute approximate surface area is 164 Å². The van der Waals surface area contributed by atoms with Crippen LogP contribution >= 0.6 is 0 Å². The second-order valence-electron chi connectivity index (χ2n) is 7.24. The van der Waals surface area contributed by atoms with E-state index in [2.05, 4.69) is 4.98 Å². The van der Waals surface area contributed by atoms with Gasteiger partial charge in [0.1, 0.15) is 11.5 Å². The van der Waals surface area contributed by atoms with Crippen LogP contribution in [0.5, 0.6) is 0 Å². The standard InChI is InChI=1S/C19H23N3O5S/c1-21(28(2,24)25)15-5-3-13(4-6-15)19(23)22-9-7-17-16(11-22)20-18(27-17)14-8-10-26-12-14/h3-6,14H,7-12H2,1-2H3. The van der Waals surface area contributed by atoms with E-state index in [1.54, 1.807) is 29.2 Å². The third-order valence-electron chi connectivity index (χ3n) is 5.29. The van der Waals surface area contributed by atoms with E-state index >= 15 is 0 Å². The van der Waals surface area contributed by atoms with Crippen LogP contribution in [0, 0.1) is 0 Å². The van der Waals surface area contributed by atoms with Crippen LogP contribution < -0.4 is 4.31 Å².